The molecule has 0 aromatic heterocycles. The molecule has 22 heavy (non-hydrogen) atoms. The van der Waals surface area contributed by atoms with Gasteiger partial charge in [-0.15, -0.1) is 0 Å². The molecular formula is C19H28O3. The van der Waals surface area contributed by atoms with E-state index in [1.54, 1.807) is 14.2 Å². The lowest BCUT2D eigenvalue weighted by Gasteiger charge is -2.14. The van der Waals surface area contributed by atoms with Crippen molar-refractivity contribution in [3.63, 3.8) is 0 Å². The molecule has 0 spiro atoms. The molecule has 3 heteroatoms. The van der Waals surface area contributed by atoms with E-state index in [9.17, 15) is 4.79 Å². The minimum Gasteiger partial charge on any atom is -0.496 e. The predicted molar refractivity (Wildman–Crippen MR) is 89.1 cm³/mol. The summed E-state index contributed by atoms with van der Waals surface area (Å²) in [4.78, 5) is 12.5. The highest BCUT2D eigenvalue weighted by atomic mass is 16.5. The molecule has 0 unspecified atom stereocenters. The van der Waals surface area contributed by atoms with Gasteiger partial charge in [0.25, 0.3) is 0 Å². The van der Waals surface area contributed by atoms with Crippen LogP contribution in [-0.4, -0.2) is 20.0 Å². The Hall–Kier alpha value is -1.51. The number of ketones is 1. The lowest BCUT2D eigenvalue weighted by Crippen LogP contribution is -2.05. The first-order valence-electron chi connectivity index (χ1n) is 8.54. The zero-order chi connectivity index (χ0) is 15.8. The van der Waals surface area contributed by atoms with Crippen LogP contribution in [0.15, 0.2) is 12.1 Å². The van der Waals surface area contributed by atoms with E-state index in [0.717, 1.165) is 37.0 Å². The molecule has 0 N–H and O–H groups in total. The smallest absolute Gasteiger partial charge is 0.166 e. The molecule has 0 saturated carbocycles. The topological polar surface area (TPSA) is 35.5 Å². The zero-order valence-electron chi connectivity index (χ0n) is 14.0. The van der Waals surface area contributed by atoms with Crippen LogP contribution in [0.1, 0.15) is 73.7 Å². The van der Waals surface area contributed by atoms with Crippen LogP contribution in [0.3, 0.4) is 0 Å². The maximum absolute atomic E-state index is 12.5. The van der Waals surface area contributed by atoms with Gasteiger partial charge in [-0.2, -0.15) is 0 Å². The highest BCUT2D eigenvalue weighted by Gasteiger charge is 2.17. The van der Waals surface area contributed by atoms with Crippen molar-refractivity contribution in [3.8, 4) is 11.5 Å². The van der Waals surface area contributed by atoms with Crippen LogP contribution in [0.5, 0.6) is 11.5 Å². The van der Waals surface area contributed by atoms with Crippen LogP contribution in [0.4, 0.5) is 0 Å². The maximum atomic E-state index is 12.5. The zero-order valence-corrected chi connectivity index (χ0v) is 14.0. The first kappa shape index (κ1) is 16.9. The van der Waals surface area contributed by atoms with Gasteiger partial charge in [0.05, 0.1) is 19.8 Å². The molecule has 0 fully saturated rings. The fourth-order valence-corrected chi connectivity index (χ4v) is 3.17. The summed E-state index contributed by atoms with van der Waals surface area (Å²) in [5, 5.41) is 0. The number of hydrogen-bond acceptors (Lipinski definition) is 3. The second-order valence-corrected chi connectivity index (χ2v) is 6.12. The van der Waals surface area contributed by atoms with Crippen molar-refractivity contribution in [1.82, 2.24) is 0 Å². The second-order valence-electron chi connectivity index (χ2n) is 6.12. The molecule has 0 radical (unpaired) electrons. The minimum atomic E-state index is 0.163. The van der Waals surface area contributed by atoms with Crippen LogP contribution in [-0.2, 0) is 6.42 Å². The quantitative estimate of drug-likeness (QED) is 0.775. The van der Waals surface area contributed by atoms with Gasteiger partial charge >= 0.3 is 0 Å². The summed E-state index contributed by atoms with van der Waals surface area (Å²) in [7, 11) is 3.31. The van der Waals surface area contributed by atoms with E-state index >= 15 is 0 Å². The van der Waals surface area contributed by atoms with E-state index in [1.807, 2.05) is 12.1 Å². The summed E-state index contributed by atoms with van der Waals surface area (Å²) in [5.41, 5.74) is 1.81. The fraction of sp³-hybridized carbons (Fsp3) is 0.632. The summed E-state index contributed by atoms with van der Waals surface area (Å²) in [6, 6.07) is 3.86. The summed E-state index contributed by atoms with van der Waals surface area (Å²) in [5.74, 6) is 1.67. The van der Waals surface area contributed by atoms with Gasteiger partial charge in [0, 0.05) is 6.42 Å². The van der Waals surface area contributed by atoms with Gasteiger partial charge in [-0.3, -0.25) is 4.79 Å². The maximum Gasteiger partial charge on any atom is 0.166 e. The number of rotatable bonds is 2. The molecule has 0 atom stereocenters. The summed E-state index contributed by atoms with van der Waals surface area (Å²) >= 11 is 0. The van der Waals surface area contributed by atoms with Crippen LogP contribution in [0.2, 0.25) is 0 Å². The highest BCUT2D eigenvalue weighted by molar-refractivity contribution is 5.99. The Kier molecular flexibility index (Phi) is 6.75. The van der Waals surface area contributed by atoms with E-state index in [4.69, 9.17) is 9.47 Å². The van der Waals surface area contributed by atoms with Crippen LogP contribution in [0, 0.1) is 0 Å². The van der Waals surface area contributed by atoms with Crippen molar-refractivity contribution in [2.24, 2.45) is 0 Å². The molecule has 0 saturated heterocycles. The molecule has 2 aliphatic carbocycles. The number of fused-ring (bicyclic) bond motifs is 12. The first-order valence-corrected chi connectivity index (χ1v) is 8.54. The standard InChI is InChI=1S/C19H28O3/c1-21-18-14-16-17(20)12-10-8-6-4-3-5-7-9-11-15(18)13-19(16)22-2/h13-14H,3-12H2,1-2H3. The largest absolute Gasteiger partial charge is 0.496 e. The molecular weight excluding hydrogens is 276 g/mol. The average Bonchev–Trinajstić information content (AvgIpc) is 2.55. The number of methoxy groups -OCH3 is 2. The lowest BCUT2D eigenvalue weighted by molar-refractivity contribution is 0.0975. The van der Waals surface area contributed by atoms with Crippen LogP contribution in [0.25, 0.3) is 0 Å². The molecule has 3 nitrogen and oxygen atoms in total. The van der Waals surface area contributed by atoms with E-state index < -0.39 is 0 Å². The first-order chi connectivity index (χ1) is 10.8. The van der Waals surface area contributed by atoms with Crippen molar-refractivity contribution in [3.05, 3.63) is 23.3 Å². The van der Waals surface area contributed by atoms with Gasteiger partial charge in [0.1, 0.15) is 11.5 Å². The monoisotopic (exact) mass is 304 g/mol. The highest BCUT2D eigenvalue weighted by Crippen LogP contribution is 2.31. The van der Waals surface area contributed by atoms with E-state index in [1.165, 1.54) is 32.1 Å². The predicted octanol–water partition coefficient (Wildman–Crippen LogP) is 4.95. The van der Waals surface area contributed by atoms with Gasteiger partial charge in [0.15, 0.2) is 5.78 Å². The Morgan fingerprint density at radius 2 is 1.27 bits per heavy atom. The Morgan fingerprint density at radius 1 is 0.727 bits per heavy atom. The van der Waals surface area contributed by atoms with Crippen molar-refractivity contribution >= 4 is 5.78 Å². The lowest BCUT2D eigenvalue weighted by atomic mass is 9.99. The number of benzene rings is 1. The van der Waals surface area contributed by atoms with Crippen molar-refractivity contribution in [2.75, 3.05) is 14.2 Å². The Morgan fingerprint density at radius 3 is 1.86 bits per heavy atom. The molecule has 3 rings (SSSR count). The van der Waals surface area contributed by atoms with Crippen LogP contribution >= 0.6 is 0 Å². The molecule has 0 amide bonds. The van der Waals surface area contributed by atoms with Crippen molar-refractivity contribution in [1.29, 1.82) is 0 Å². The number of hydrogen-bond donors (Lipinski definition) is 0. The van der Waals surface area contributed by atoms with Gasteiger partial charge in [0.2, 0.25) is 0 Å². The Balaban J connectivity index is 2.27. The number of aryl methyl sites for hydroxylation is 1. The summed E-state index contributed by atoms with van der Waals surface area (Å²) < 4.78 is 11.0. The molecule has 122 valence electrons. The molecule has 2 bridgehead atoms. The van der Waals surface area contributed by atoms with Gasteiger partial charge in [-0.05, 0) is 37.0 Å². The third-order valence-electron chi connectivity index (χ3n) is 4.50. The third kappa shape index (κ3) is 4.49. The van der Waals surface area contributed by atoms with E-state index in [0.29, 0.717) is 17.7 Å². The average molecular weight is 304 g/mol. The van der Waals surface area contributed by atoms with E-state index in [-0.39, 0.29) is 5.78 Å². The summed E-state index contributed by atoms with van der Waals surface area (Å²) in [6.07, 6.45) is 11.3. The van der Waals surface area contributed by atoms with Gasteiger partial charge in [-0.25, -0.2) is 0 Å². The van der Waals surface area contributed by atoms with E-state index in [2.05, 4.69) is 0 Å². The number of carbonyl (C=O) groups is 1. The number of carbonyl (C=O) groups excluding carboxylic acids is 1. The third-order valence-corrected chi connectivity index (χ3v) is 4.50. The van der Waals surface area contributed by atoms with Crippen LogP contribution < -0.4 is 9.47 Å². The molecule has 0 heterocycles. The Labute approximate surface area is 134 Å². The molecule has 2 aliphatic rings. The SMILES string of the molecule is COc1cc2c(OC)cc1CCCCCCCCCCC2=O. The summed E-state index contributed by atoms with van der Waals surface area (Å²) in [6.45, 7) is 0. The molecule has 1 aromatic carbocycles. The van der Waals surface area contributed by atoms with Gasteiger partial charge in [-0.1, -0.05) is 38.5 Å². The fourth-order valence-electron chi connectivity index (χ4n) is 3.17. The minimum absolute atomic E-state index is 0.163. The van der Waals surface area contributed by atoms with Crippen molar-refractivity contribution in [2.45, 2.75) is 64.2 Å². The number of Topliss-reactive ketones (excluding diaryl/α,β-unsaturated/α-hetero) is 1. The second kappa shape index (κ2) is 8.82. The number of ether oxygens (including phenoxy) is 2. The van der Waals surface area contributed by atoms with Crippen molar-refractivity contribution < 1.29 is 14.3 Å². The van der Waals surface area contributed by atoms with Gasteiger partial charge < -0.3 is 9.47 Å². The molecule has 1 aromatic rings. The normalized spacial score (nSPS) is 17.6. The Bertz CT molecular complexity index is 494. The molecule has 0 aliphatic heterocycles.